The first kappa shape index (κ1) is 14.8. The van der Waals surface area contributed by atoms with Gasteiger partial charge in [-0.05, 0) is 12.1 Å². The molecule has 0 bridgehead atoms. The Labute approximate surface area is 137 Å². The lowest BCUT2D eigenvalue weighted by Crippen LogP contribution is -2.23. The highest BCUT2D eigenvalue weighted by molar-refractivity contribution is 7.90. The topological polar surface area (TPSA) is 79.9 Å². The molecule has 4 rings (SSSR count). The van der Waals surface area contributed by atoms with Crippen LogP contribution in [0.2, 0.25) is 0 Å². The standard InChI is InChI=1S/C15H14N2O4S2/c1-23(19,20)10-4-2-3-9(5-10)14(18)13-6-16-15(22-13)17-7-11-12(8-17)21-11/h2-6,11-12H,7-8H2,1H3. The average molecular weight is 350 g/mol. The third-order valence-electron chi connectivity index (χ3n) is 4.00. The van der Waals surface area contributed by atoms with Crippen molar-refractivity contribution >= 4 is 32.1 Å². The van der Waals surface area contributed by atoms with Gasteiger partial charge in [-0.2, -0.15) is 0 Å². The summed E-state index contributed by atoms with van der Waals surface area (Å²) in [5.41, 5.74) is 0.357. The molecular formula is C15H14N2O4S2. The maximum atomic E-state index is 12.6. The summed E-state index contributed by atoms with van der Waals surface area (Å²) in [6.07, 6.45) is 3.30. The van der Waals surface area contributed by atoms with Gasteiger partial charge in [0.25, 0.3) is 0 Å². The summed E-state index contributed by atoms with van der Waals surface area (Å²) < 4.78 is 28.6. The highest BCUT2D eigenvalue weighted by Gasteiger charge is 2.47. The number of nitrogens with zero attached hydrogens (tertiary/aromatic N) is 2. The number of ketones is 1. The first-order valence-electron chi connectivity index (χ1n) is 7.13. The first-order chi connectivity index (χ1) is 10.9. The van der Waals surface area contributed by atoms with E-state index in [9.17, 15) is 13.2 Å². The number of ether oxygens (including phenoxy) is 1. The molecule has 0 N–H and O–H groups in total. The lowest BCUT2D eigenvalue weighted by molar-refractivity contribution is 0.104. The van der Waals surface area contributed by atoms with Crippen LogP contribution >= 0.6 is 11.3 Å². The second kappa shape index (κ2) is 5.12. The van der Waals surface area contributed by atoms with E-state index in [0.29, 0.717) is 22.6 Å². The lowest BCUT2D eigenvalue weighted by Gasteiger charge is -2.14. The number of carbonyl (C=O) groups excluding carboxylic acids is 1. The molecule has 120 valence electrons. The molecule has 0 spiro atoms. The lowest BCUT2D eigenvalue weighted by atomic mass is 10.1. The van der Waals surface area contributed by atoms with Crippen LogP contribution in [0.3, 0.4) is 0 Å². The Morgan fingerprint density at radius 3 is 2.78 bits per heavy atom. The molecule has 1 aromatic carbocycles. The molecule has 2 aliphatic rings. The van der Waals surface area contributed by atoms with E-state index in [2.05, 4.69) is 9.88 Å². The third kappa shape index (κ3) is 2.77. The van der Waals surface area contributed by atoms with E-state index in [1.807, 2.05) is 0 Å². The van der Waals surface area contributed by atoms with Crippen LogP contribution in [0.1, 0.15) is 15.2 Å². The summed E-state index contributed by atoms with van der Waals surface area (Å²) in [7, 11) is -3.34. The molecule has 2 aromatic rings. The van der Waals surface area contributed by atoms with Gasteiger partial charge in [-0.15, -0.1) is 0 Å². The number of aromatic nitrogens is 1. The van der Waals surface area contributed by atoms with E-state index in [0.717, 1.165) is 24.5 Å². The number of morpholine rings is 1. The van der Waals surface area contributed by atoms with Gasteiger partial charge in [0.2, 0.25) is 5.78 Å². The number of epoxide rings is 1. The van der Waals surface area contributed by atoms with Crippen molar-refractivity contribution in [1.82, 2.24) is 4.98 Å². The van der Waals surface area contributed by atoms with Crippen molar-refractivity contribution in [3.8, 4) is 0 Å². The summed E-state index contributed by atoms with van der Waals surface area (Å²) in [5, 5.41) is 0.809. The smallest absolute Gasteiger partial charge is 0.204 e. The molecule has 2 atom stereocenters. The van der Waals surface area contributed by atoms with Crippen LogP contribution in [-0.4, -0.2) is 50.7 Å². The maximum absolute atomic E-state index is 12.6. The highest BCUT2D eigenvalue weighted by atomic mass is 32.2. The first-order valence-corrected chi connectivity index (χ1v) is 9.84. The van der Waals surface area contributed by atoms with Crippen LogP contribution in [0.15, 0.2) is 35.4 Å². The van der Waals surface area contributed by atoms with Crippen molar-refractivity contribution in [2.24, 2.45) is 0 Å². The van der Waals surface area contributed by atoms with Gasteiger partial charge in [0, 0.05) is 24.9 Å². The SMILES string of the molecule is CS(=O)(=O)c1cccc(C(=O)c2cnc(N3CC4OC4C3)s2)c1. The number of anilines is 1. The predicted octanol–water partition coefficient (Wildman–Crippen LogP) is 1.36. The van der Waals surface area contributed by atoms with Crippen molar-refractivity contribution in [2.45, 2.75) is 17.1 Å². The normalized spacial score (nSPS) is 22.9. The minimum atomic E-state index is -3.34. The molecular weight excluding hydrogens is 336 g/mol. The molecule has 6 nitrogen and oxygen atoms in total. The molecule has 3 heterocycles. The minimum Gasteiger partial charge on any atom is -0.366 e. The van der Waals surface area contributed by atoms with Crippen molar-refractivity contribution < 1.29 is 17.9 Å². The van der Waals surface area contributed by atoms with Crippen molar-refractivity contribution in [2.75, 3.05) is 24.2 Å². The Hall–Kier alpha value is -1.77. The van der Waals surface area contributed by atoms with Gasteiger partial charge in [-0.1, -0.05) is 23.5 Å². The van der Waals surface area contributed by atoms with Crippen LogP contribution in [0.5, 0.6) is 0 Å². The molecule has 2 unspecified atom stereocenters. The highest BCUT2D eigenvalue weighted by Crippen LogP contribution is 2.35. The van der Waals surface area contributed by atoms with Gasteiger partial charge < -0.3 is 9.64 Å². The van der Waals surface area contributed by atoms with Crippen LogP contribution in [-0.2, 0) is 14.6 Å². The number of hydrogen-bond donors (Lipinski definition) is 0. The number of hydrogen-bond acceptors (Lipinski definition) is 7. The zero-order valence-corrected chi connectivity index (χ0v) is 13.9. The Kier molecular flexibility index (Phi) is 3.29. The van der Waals surface area contributed by atoms with E-state index >= 15 is 0 Å². The molecule has 8 heteroatoms. The summed E-state index contributed by atoms with van der Waals surface area (Å²) in [5.74, 6) is -0.208. The van der Waals surface area contributed by atoms with E-state index in [4.69, 9.17) is 4.74 Å². The fourth-order valence-corrected chi connectivity index (χ4v) is 4.25. The molecule has 23 heavy (non-hydrogen) atoms. The molecule has 1 aromatic heterocycles. The van der Waals surface area contributed by atoms with E-state index in [-0.39, 0.29) is 10.7 Å². The fraction of sp³-hybridized carbons (Fsp3) is 0.333. The number of thiazole rings is 1. The van der Waals surface area contributed by atoms with Crippen molar-refractivity contribution in [1.29, 1.82) is 0 Å². The van der Waals surface area contributed by atoms with Crippen LogP contribution in [0, 0.1) is 0 Å². The van der Waals surface area contributed by atoms with Crippen LogP contribution in [0.4, 0.5) is 5.13 Å². The van der Waals surface area contributed by atoms with Crippen LogP contribution < -0.4 is 4.90 Å². The summed E-state index contributed by atoms with van der Waals surface area (Å²) in [6, 6.07) is 6.10. The number of fused-ring (bicyclic) bond motifs is 1. The largest absolute Gasteiger partial charge is 0.366 e. The van der Waals surface area contributed by atoms with Crippen molar-refractivity contribution in [3.63, 3.8) is 0 Å². The Balaban J connectivity index is 1.58. The number of rotatable bonds is 4. The van der Waals surface area contributed by atoms with E-state index in [1.165, 1.54) is 23.5 Å². The summed E-state index contributed by atoms with van der Waals surface area (Å²) in [4.78, 5) is 19.6. The van der Waals surface area contributed by atoms with Gasteiger partial charge in [-0.25, -0.2) is 13.4 Å². The van der Waals surface area contributed by atoms with Gasteiger partial charge in [0.1, 0.15) is 12.2 Å². The molecule has 2 fully saturated rings. The molecule has 2 saturated heterocycles. The predicted molar refractivity (Wildman–Crippen MR) is 86.0 cm³/mol. The molecule has 0 amide bonds. The second-order valence-corrected chi connectivity index (χ2v) is 8.78. The minimum absolute atomic E-state index is 0.143. The maximum Gasteiger partial charge on any atom is 0.204 e. The number of carbonyl (C=O) groups is 1. The van der Waals surface area contributed by atoms with E-state index in [1.54, 1.807) is 18.3 Å². The molecule has 2 aliphatic heterocycles. The molecule has 0 aliphatic carbocycles. The summed E-state index contributed by atoms with van der Waals surface area (Å²) in [6.45, 7) is 1.63. The Morgan fingerprint density at radius 2 is 2.09 bits per heavy atom. The molecule has 0 saturated carbocycles. The zero-order valence-electron chi connectivity index (χ0n) is 12.3. The fourth-order valence-electron chi connectivity index (χ4n) is 2.69. The second-order valence-electron chi connectivity index (χ2n) is 5.75. The van der Waals surface area contributed by atoms with Crippen LogP contribution in [0.25, 0.3) is 0 Å². The van der Waals surface area contributed by atoms with Gasteiger partial charge in [-0.3, -0.25) is 4.79 Å². The zero-order chi connectivity index (χ0) is 16.2. The van der Waals surface area contributed by atoms with E-state index < -0.39 is 9.84 Å². The van der Waals surface area contributed by atoms with Gasteiger partial charge >= 0.3 is 0 Å². The number of sulfone groups is 1. The third-order valence-corrected chi connectivity index (χ3v) is 6.17. The summed E-state index contributed by atoms with van der Waals surface area (Å²) >= 11 is 1.33. The monoisotopic (exact) mass is 350 g/mol. The Bertz CT molecular complexity index is 880. The van der Waals surface area contributed by atoms with Gasteiger partial charge in [0.15, 0.2) is 15.0 Å². The van der Waals surface area contributed by atoms with Crippen molar-refractivity contribution in [3.05, 3.63) is 40.9 Å². The number of benzene rings is 1. The van der Waals surface area contributed by atoms with Gasteiger partial charge in [0.05, 0.1) is 16.0 Å². The average Bonchev–Trinajstić information content (AvgIpc) is 2.94. The molecule has 0 radical (unpaired) electrons. The Morgan fingerprint density at radius 1 is 1.35 bits per heavy atom. The quantitative estimate of drug-likeness (QED) is 0.612.